The molecule has 0 aromatic heterocycles. The maximum absolute atomic E-state index is 16.0. The van der Waals surface area contributed by atoms with Gasteiger partial charge in [-0.1, -0.05) is 55.2 Å². The molecule has 0 saturated carbocycles. The standard InChI is InChI=1S/C66H75Cl2N9O24.ClH/c1-23(2)12-34(71-5)58(88)76-49-51(83)26-7-10-38(32(67)14-26)97-40-16-28-17-41(55(40)101-65-56(54(86)53(85)42(22-78)99-65)100-44-21-66(4,70)57(87)24(3)96-44)98-39-11-8-27(15-33(39)68)52(84)50-63(93)75-48(64(94)95)31-18-29(79)19-37(81)45(31)30-13-25(6-9-36(30)80)46(60(90)77-50)74-61(91)47(28)73-59(89)35(20-43(69)82)72-62(49)92;/h6-11,13-19,23-24,34-35,42,44,46-54,56-57,65,71,78-81,83-87H,12,20-22,70H2,1-5H3,(H2,69,82)(H,72,92)(H,73,89)(H,74,91)(H,75,93)(H,76,88)(H,77,90)(H,94,95);1H/t24-,34+,35-,42+,44?,46+,47+,48-,49+,50-,51+,52+,53+,54-,56?,57-,65?,66-;/m0./s1. The van der Waals surface area contributed by atoms with Gasteiger partial charge >= 0.3 is 0 Å². The van der Waals surface area contributed by atoms with Gasteiger partial charge in [0.15, 0.2) is 29.9 Å². The molecule has 7 amide bonds. The summed E-state index contributed by atoms with van der Waals surface area (Å²) in [5.41, 5.74) is 7.85. The highest BCUT2D eigenvalue weighted by atomic mass is 35.5. The lowest BCUT2D eigenvalue weighted by Gasteiger charge is -2.47. The zero-order valence-corrected chi connectivity index (χ0v) is 57.1. The molecular weight excluding hydrogens is 1410 g/mol. The maximum atomic E-state index is 16.0. The van der Waals surface area contributed by atoms with Crippen LogP contribution in [0, 0.1) is 5.92 Å². The molecule has 2 saturated heterocycles. The number of rotatable bonds is 13. The number of phenols is 3. The third kappa shape index (κ3) is 16.3. The smallest absolute Gasteiger partial charge is 0.278 e. The number of carboxylic acids is 1. The first-order valence-corrected chi connectivity index (χ1v) is 32.5. The van der Waals surface area contributed by atoms with Gasteiger partial charge in [0.1, 0.15) is 89.5 Å². The first-order chi connectivity index (χ1) is 47.7. The second kappa shape index (κ2) is 31.4. The zero-order valence-electron chi connectivity index (χ0n) is 54.8. The Morgan fingerprint density at radius 2 is 1.33 bits per heavy atom. The van der Waals surface area contributed by atoms with Crippen LogP contribution in [-0.2, 0) is 52.6 Å². The number of nitrogens with one attached hydrogen (secondary N) is 6. The van der Waals surface area contributed by atoms with Crippen LogP contribution in [0.25, 0.3) is 11.1 Å². The van der Waals surface area contributed by atoms with Crippen LogP contribution >= 0.6 is 35.6 Å². The number of aromatic hydroxyl groups is 3. The fourth-order valence-corrected chi connectivity index (χ4v) is 13.0. The average molecular weight is 1490 g/mol. The van der Waals surface area contributed by atoms with Gasteiger partial charge < -0.3 is 133 Å². The molecule has 12 rings (SSSR count). The summed E-state index contributed by atoms with van der Waals surface area (Å²) in [6.45, 7) is 5.69. The summed E-state index contributed by atoms with van der Waals surface area (Å²) in [5.74, 6) is -16.3. The second-order valence-corrected chi connectivity index (χ2v) is 26.6. The van der Waals surface area contributed by atoms with Crippen LogP contribution in [0.3, 0.4) is 0 Å². The number of phenolic OH excluding ortho intramolecular Hbond substituents is 3. The number of hydrogen-bond acceptors (Lipinski definition) is 25. The molecule has 5 aromatic carbocycles. The Morgan fingerprint density at radius 3 is 1.91 bits per heavy atom. The number of likely N-dealkylation sites (N-methyl/N-ethyl adjacent to an activating group) is 1. The molecule has 2 fully saturated rings. The Hall–Kier alpha value is -8.91. The maximum Gasteiger partial charge on any atom is 0.278 e. The van der Waals surface area contributed by atoms with Crippen molar-refractivity contribution in [3.63, 3.8) is 0 Å². The fraction of sp³-hybridized carbons (Fsp3) is 0.424. The molecule has 7 aliphatic rings. The molecule has 7 heterocycles. The summed E-state index contributed by atoms with van der Waals surface area (Å²) in [4.78, 5) is 117. The first-order valence-electron chi connectivity index (χ1n) is 31.7. The Balaban J connectivity index is 0.0000121. The topological polar surface area (TPSA) is 538 Å². The number of quaternary nitrogens is 1. The van der Waals surface area contributed by atoms with E-state index in [0.717, 1.165) is 66.7 Å². The zero-order chi connectivity index (χ0) is 73.5. The predicted octanol–water partition coefficient (Wildman–Crippen LogP) is -1.83. The molecule has 33 nitrogen and oxygen atoms in total. The number of aliphatic carboxylic acids is 1. The number of aliphatic hydroxyl groups is 6. The molecular formula is C66H76Cl3N9O24. The van der Waals surface area contributed by atoms with Crippen LogP contribution in [0.15, 0.2) is 78.9 Å². The number of ether oxygens (including phenoxy) is 6. The Labute approximate surface area is 596 Å². The van der Waals surface area contributed by atoms with Crippen molar-refractivity contribution in [2.24, 2.45) is 17.4 Å². The number of primary amides is 1. The lowest BCUT2D eigenvalue weighted by Crippen LogP contribution is -2.89. The van der Waals surface area contributed by atoms with E-state index in [0.29, 0.717) is 0 Å². The van der Waals surface area contributed by atoms with Crippen molar-refractivity contribution in [1.82, 2.24) is 31.9 Å². The second-order valence-electron chi connectivity index (χ2n) is 25.8. The van der Waals surface area contributed by atoms with E-state index in [9.17, 15) is 75.0 Å². The number of aliphatic hydroxyl groups excluding tert-OH is 6. The number of amides is 7. The Kier molecular flexibility index (Phi) is 23.8. The number of hydrogen-bond donors (Lipinski definition) is 18. The number of benzene rings is 5. The van der Waals surface area contributed by atoms with E-state index in [1.165, 1.54) is 26.0 Å². The van der Waals surface area contributed by atoms with Crippen LogP contribution in [0.1, 0.15) is 105 Å². The third-order valence-corrected chi connectivity index (χ3v) is 18.4. The average Bonchev–Trinajstić information content (AvgIpc) is 0.773. The number of carbonyl (C=O) groups is 8. The molecule has 3 unspecified atom stereocenters. The van der Waals surface area contributed by atoms with Crippen LogP contribution in [0.2, 0.25) is 10.0 Å². The highest BCUT2D eigenvalue weighted by molar-refractivity contribution is 6.32. The van der Waals surface area contributed by atoms with Gasteiger partial charge in [0.2, 0.25) is 47.5 Å². The summed E-state index contributed by atoms with van der Waals surface area (Å²) in [6.07, 6.45) is -18.5. The number of fused-ring (bicyclic) bond motifs is 15. The molecule has 5 aromatic rings. The minimum Gasteiger partial charge on any atom is -0.548 e. The number of halogens is 3. The van der Waals surface area contributed by atoms with E-state index in [2.05, 4.69) is 31.9 Å². The molecule has 18 atom stereocenters. The van der Waals surface area contributed by atoms with Crippen molar-refractivity contribution in [2.45, 2.75) is 156 Å². The summed E-state index contributed by atoms with van der Waals surface area (Å²) in [5, 5.41) is 132. The van der Waals surface area contributed by atoms with Gasteiger partial charge in [-0.05, 0) is 102 Å². The minimum absolute atomic E-state index is 0. The first kappa shape index (κ1) is 77.3. The fourth-order valence-electron chi connectivity index (χ4n) is 12.6. The van der Waals surface area contributed by atoms with Crippen LogP contribution in [0.5, 0.6) is 46.0 Å². The van der Waals surface area contributed by atoms with E-state index in [-0.39, 0.29) is 58.6 Å². The van der Waals surface area contributed by atoms with Crippen molar-refractivity contribution < 1.29 is 123 Å². The quantitative estimate of drug-likeness (QED) is 0.0616. The van der Waals surface area contributed by atoms with Gasteiger partial charge in [0.05, 0.1) is 54.3 Å². The lowest BCUT2D eigenvalue weighted by molar-refractivity contribution is -0.651. The summed E-state index contributed by atoms with van der Waals surface area (Å²) in [6, 6.07) is -0.806. The molecule has 36 heteroatoms. The molecule has 0 spiro atoms. The Bertz CT molecular complexity index is 4080. The highest BCUT2D eigenvalue weighted by Gasteiger charge is 2.51. The third-order valence-electron chi connectivity index (χ3n) is 17.9. The molecule has 0 radical (unpaired) electrons. The largest absolute Gasteiger partial charge is 0.548 e. The van der Waals surface area contributed by atoms with Gasteiger partial charge in [0, 0.05) is 35.6 Å². The molecule has 102 heavy (non-hydrogen) atoms. The Morgan fingerprint density at radius 1 is 0.735 bits per heavy atom. The molecule has 0 aliphatic carbocycles. The van der Waals surface area contributed by atoms with Crippen molar-refractivity contribution in [1.29, 1.82) is 0 Å². The van der Waals surface area contributed by atoms with E-state index >= 15 is 14.4 Å². The summed E-state index contributed by atoms with van der Waals surface area (Å²) >= 11 is 14.1. The van der Waals surface area contributed by atoms with Gasteiger partial charge in [-0.3, -0.25) is 33.6 Å². The molecule has 11 bridgehead atoms. The lowest BCUT2D eigenvalue weighted by atomic mass is 9.86. The van der Waals surface area contributed by atoms with Gasteiger partial charge in [-0.15, -0.1) is 12.4 Å². The summed E-state index contributed by atoms with van der Waals surface area (Å²) in [7, 11) is 1.60. The van der Waals surface area contributed by atoms with E-state index < -0.39 is 237 Å². The van der Waals surface area contributed by atoms with Crippen molar-refractivity contribution in [3.8, 4) is 57.1 Å². The number of nitrogens with two attached hydrogens (primary N) is 3. The number of carbonyl (C=O) groups excluding carboxylic acids is 8. The van der Waals surface area contributed by atoms with Crippen LogP contribution in [-0.4, -0.2) is 186 Å². The highest BCUT2D eigenvalue weighted by Crippen LogP contribution is 2.50. The predicted molar refractivity (Wildman–Crippen MR) is 353 cm³/mol. The summed E-state index contributed by atoms with van der Waals surface area (Å²) < 4.78 is 38.3. The van der Waals surface area contributed by atoms with Crippen molar-refractivity contribution in [2.75, 3.05) is 13.7 Å². The van der Waals surface area contributed by atoms with Crippen LogP contribution < -0.4 is 68.0 Å². The normalized spacial score (nSPS) is 29.1. The van der Waals surface area contributed by atoms with E-state index in [4.69, 9.17) is 63.1 Å². The van der Waals surface area contributed by atoms with Gasteiger partial charge in [0.25, 0.3) is 5.91 Å². The minimum atomic E-state index is -2.36. The molecule has 7 aliphatic heterocycles. The monoisotopic (exact) mass is 1480 g/mol. The molecule has 21 N–H and O–H groups in total. The SMILES string of the molecule is C[NH2+][C@H](CC(C)C)C(=O)N[C@H]1C(=O)N[C@@H](CC(N)=O)C(=O)N[C@H]2C(=O)N[C@H]3C(=O)N[C@H](C(=O)N[C@H](C(=O)[O-])c4cc(O)cc(O)c4-c4cc3ccc4O)[C@H](O)c3ccc(c(Cl)c3)Oc3cc2cc(c3OC2O[C@H](CO)[C@@H](O)[C@H](O)C2OC2C[C@](C)(N)[C@@H](O)[C@H](C)O2)Oc2ccc(cc2Cl)[C@H]1O.Cl. The molecule has 550 valence electrons. The van der Waals surface area contributed by atoms with Gasteiger partial charge in [-0.2, -0.15) is 0 Å². The van der Waals surface area contributed by atoms with E-state index in [1.54, 1.807) is 12.4 Å². The van der Waals surface area contributed by atoms with Gasteiger partial charge in [-0.25, -0.2) is 0 Å². The van der Waals surface area contributed by atoms with Crippen molar-refractivity contribution in [3.05, 3.63) is 117 Å². The van der Waals surface area contributed by atoms with Crippen LogP contribution in [0.4, 0.5) is 0 Å². The van der Waals surface area contributed by atoms with Crippen molar-refractivity contribution >= 4 is 82.9 Å². The van der Waals surface area contributed by atoms with E-state index in [1.807, 2.05) is 13.8 Å². The number of carboxylic acid groups (broad SMARTS) is 1.